The third kappa shape index (κ3) is 7.04. The fraction of sp³-hybridized carbons (Fsp3) is 0.345. The van der Waals surface area contributed by atoms with Crippen LogP contribution in [0.4, 0.5) is 11.4 Å². The van der Waals surface area contributed by atoms with E-state index in [-0.39, 0.29) is 59.0 Å². The minimum Gasteiger partial charge on any atom is -0.495 e. The van der Waals surface area contributed by atoms with Crippen LogP contribution in [0.5, 0.6) is 17.2 Å². The number of morpholine rings is 1. The fourth-order valence-corrected chi connectivity index (χ4v) is 7.57. The summed E-state index contributed by atoms with van der Waals surface area (Å²) in [5.41, 5.74) is 1.94. The third-order valence-corrected chi connectivity index (χ3v) is 10.4. The Balaban J connectivity index is 1.70. The Morgan fingerprint density at radius 1 is 0.814 bits per heavy atom. The van der Waals surface area contributed by atoms with E-state index >= 15 is 0 Å². The lowest BCUT2D eigenvalue weighted by Gasteiger charge is -2.27. The van der Waals surface area contributed by atoms with E-state index in [0.29, 0.717) is 5.75 Å². The molecule has 1 amide bonds. The van der Waals surface area contributed by atoms with Crippen molar-refractivity contribution in [3.63, 3.8) is 0 Å². The number of nitrogens with zero attached hydrogens (tertiary/aromatic N) is 2. The van der Waals surface area contributed by atoms with Gasteiger partial charge < -0.3 is 24.3 Å². The van der Waals surface area contributed by atoms with E-state index in [9.17, 15) is 21.6 Å². The summed E-state index contributed by atoms with van der Waals surface area (Å²) in [6.45, 7) is 3.99. The number of rotatable bonds is 11. The first-order valence-electron chi connectivity index (χ1n) is 13.3. The van der Waals surface area contributed by atoms with E-state index in [1.807, 2.05) is 19.9 Å². The van der Waals surface area contributed by atoms with Gasteiger partial charge in [-0.15, -0.1) is 0 Å². The normalized spacial score (nSPS) is 14.2. The first kappa shape index (κ1) is 32.1. The van der Waals surface area contributed by atoms with Crippen molar-refractivity contribution in [2.75, 3.05) is 63.8 Å². The van der Waals surface area contributed by atoms with Gasteiger partial charge in [-0.1, -0.05) is 6.07 Å². The molecule has 3 aromatic rings. The first-order chi connectivity index (χ1) is 20.4. The molecule has 0 bridgehead atoms. The molecule has 1 aliphatic heterocycles. The molecule has 43 heavy (non-hydrogen) atoms. The highest BCUT2D eigenvalue weighted by atomic mass is 32.2. The maximum atomic E-state index is 14.0. The van der Waals surface area contributed by atoms with Gasteiger partial charge in [0.15, 0.2) is 11.5 Å². The molecule has 1 fully saturated rings. The Bertz CT molecular complexity index is 1680. The maximum Gasteiger partial charge on any atom is 0.264 e. The number of benzene rings is 3. The van der Waals surface area contributed by atoms with Gasteiger partial charge in [0.05, 0.1) is 55.7 Å². The second-order valence-corrected chi connectivity index (χ2v) is 13.6. The van der Waals surface area contributed by atoms with Crippen molar-refractivity contribution in [1.29, 1.82) is 0 Å². The molecule has 232 valence electrons. The number of anilines is 2. The standard InChI is InChI=1S/C29H35N3O9S2/c1-20-14-21(2)16-22(15-20)32(43(36,37)24-7-9-27(39-4)28(18-24)40-5)19-29(33)30-25-17-23(6-8-26(25)38-3)42(34,35)31-10-12-41-13-11-31/h6-9,14-18H,10-13,19H2,1-5H3,(H,30,33). The lowest BCUT2D eigenvalue weighted by Crippen LogP contribution is -2.40. The molecule has 0 saturated carbocycles. The van der Waals surface area contributed by atoms with Crippen molar-refractivity contribution >= 4 is 37.3 Å². The van der Waals surface area contributed by atoms with Crippen molar-refractivity contribution in [3.05, 3.63) is 65.7 Å². The molecule has 1 aliphatic rings. The highest BCUT2D eigenvalue weighted by molar-refractivity contribution is 7.92. The van der Waals surface area contributed by atoms with E-state index < -0.39 is 32.5 Å². The molecule has 0 aromatic heterocycles. The Kier molecular flexibility index (Phi) is 9.85. The monoisotopic (exact) mass is 633 g/mol. The largest absolute Gasteiger partial charge is 0.495 e. The minimum atomic E-state index is -4.30. The molecule has 0 spiro atoms. The van der Waals surface area contributed by atoms with Gasteiger partial charge in [-0.25, -0.2) is 16.8 Å². The highest BCUT2D eigenvalue weighted by Gasteiger charge is 2.30. The van der Waals surface area contributed by atoms with Crippen molar-refractivity contribution in [2.24, 2.45) is 0 Å². The van der Waals surface area contributed by atoms with E-state index in [1.54, 1.807) is 12.1 Å². The zero-order valence-corrected chi connectivity index (χ0v) is 26.2. The van der Waals surface area contributed by atoms with Crippen molar-refractivity contribution < 1.29 is 40.6 Å². The Morgan fingerprint density at radius 3 is 2.00 bits per heavy atom. The maximum absolute atomic E-state index is 14.0. The first-order valence-corrected chi connectivity index (χ1v) is 16.2. The number of carbonyl (C=O) groups is 1. The number of amides is 1. The zero-order chi connectivity index (χ0) is 31.4. The lowest BCUT2D eigenvalue weighted by atomic mass is 10.1. The molecule has 4 rings (SSSR count). The summed E-state index contributed by atoms with van der Waals surface area (Å²) in [5, 5.41) is 2.65. The Hall–Kier alpha value is -3.85. The summed E-state index contributed by atoms with van der Waals surface area (Å²) in [4.78, 5) is 13.3. The van der Waals surface area contributed by atoms with Crippen molar-refractivity contribution in [1.82, 2.24) is 4.31 Å². The number of ether oxygens (including phenoxy) is 4. The van der Waals surface area contributed by atoms with Gasteiger partial charge in [-0.2, -0.15) is 4.31 Å². The number of hydrogen-bond donors (Lipinski definition) is 1. The summed E-state index contributed by atoms with van der Waals surface area (Å²) in [7, 11) is -3.97. The van der Waals surface area contributed by atoms with E-state index in [2.05, 4.69) is 5.32 Å². The van der Waals surface area contributed by atoms with E-state index in [0.717, 1.165) is 15.4 Å². The third-order valence-electron chi connectivity index (χ3n) is 6.78. The molecular weight excluding hydrogens is 598 g/mol. The van der Waals surface area contributed by atoms with Gasteiger partial charge in [0.2, 0.25) is 15.9 Å². The van der Waals surface area contributed by atoms with Crippen LogP contribution in [-0.4, -0.2) is 81.2 Å². The molecular formula is C29H35N3O9S2. The van der Waals surface area contributed by atoms with Crippen molar-refractivity contribution in [3.8, 4) is 17.2 Å². The summed E-state index contributed by atoms with van der Waals surface area (Å²) < 4.78 is 78.0. The molecule has 0 aliphatic carbocycles. The lowest BCUT2D eigenvalue weighted by molar-refractivity contribution is -0.114. The second-order valence-electron chi connectivity index (χ2n) is 9.80. The molecule has 1 N–H and O–H groups in total. The molecule has 12 nitrogen and oxygen atoms in total. The minimum absolute atomic E-state index is 0.0467. The highest BCUT2D eigenvalue weighted by Crippen LogP contribution is 2.33. The number of hydrogen-bond acceptors (Lipinski definition) is 9. The van der Waals surface area contributed by atoms with Crippen LogP contribution in [0.25, 0.3) is 0 Å². The predicted molar refractivity (Wildman–Crippen MR) is 161 cm³/mol. The SMILES string of the molecule is COc1ccc(S(=O)(=O)N2CCOCC2)cc1NC(=O)CN(c1cc(C)cc(C)c1)S(=O)(=O)c1ccc(OC)c(OC)c1. The average Bonchev–Trinajstić information content (AvgIpc) is 2.99. The van der Waals surface area contributed by atoms with Gasteiger partial charge in [0, 0.05) is 19.2 Å². The fourth-order valence-electron chi connectivity index (χ4n) is 4.72. The second kappa shape index (κ2) is 13.2. The van der Waals surface area contributed by atoms with Crippen LogP contribution in [0.2, 0.25) is 0 Å². The Labute approximate surface area is 252 Å². The average molecular weight is 634 g/mol. The quantitative estimate of drug-likeness (QED) is 0.337. The molecule has 14 heteroatoms. The molecule has 0 radical (unpaired) electrons. The van der Waals surface area contributed by atoms with Gasteiger partial charge in [0.25, 0.3) is 10.0 Å². The topological polar surface area (TPSA) is 141 Å². The number of carbonyl (C=O) groups excluding carboxylic acids is 1. The van der Waals surface area contributed by atoms with Gasteiger partial charge in [-0.05, 0) is 67.4 Å². The summed E-state index contributed by atoms with van der Waals surface area (Å²) >= 11 is 0. The molecule has 3 aromatic carbocycles. The summed E-state index contributed by atoms with van der Waals surface area (Å²) in [6.07, 6.45) is 0. The van der Waals surface area contributed by atoms with Gasteiger partial charge in [0.1, 0.15) is 12.3 Å². The Morgan fingerprint density at radius 2 is 1.40 bits per heavy atom. The zero-order valence-electron chi connectivity index (χ0n) is 24.6. The van der Waals surface area contributed by atoms with Crippen molar-refractivity contribution in [2.45, 2.75) is 23.6 Å². The smallest absolute Gasteiger partial charge is 0.264 e. The van der Waals surface area contributed by atoms with Crippen LogP contribution < -0.4 is 23.8 Å². The van der Waals surface area contributed by atoms with Crippen LogP contribution in [0.3, 0.4) is 0 Å². The van der Waals surface area contributed by atoms with Gasteiger partial charge in [-0.3, -0.25) is 9.10 Å². The number of nitrogens with one attached hydrogen (secondary N) is 1. The molecule has 1 saturated heterocycles. The van der Waals surface area contributed by atoms with Crippen LogP contribution in [0.1, 0.15) is 11.1 Å². The molecule has 0 atom stereocenters. The summed E-state index contributed by atoms with van der Waals surface area (Å²) in [5.74, 6) is 0.0324. The van der Waals surface area contributed by atoms with Crippen LogP contribution in [0.15, 0.2) is 64.4 Å². The molecule has 0 unspecified atom stereocenters. The summed E-state index contributed by atoms with van der Waals surface area (Å²) in [6, 6.07) is 13.5. The number of methoxy groups -OCH3 is 3. The predicted octanol–water partition coefficient (Wildman–Crippen LogP) is 3.18. The van der Waals surface area contributed by atoms with Crippen LogP contribution >= 0.6 is 0 Å². The number of sulfonamides is 2. The van der Waals surface area contributed by atoms with Crippen LogP contribution in [0, 0.1) is 13.8 Å². The molecule has 1 heterocycles. The van der Waals surface area contributed by atoms with Crippen LogP contribution in [-0.2, 0) is 29.6 Å². The van der Waals surface area contributed by atoms with E-state index in [1.165, 1.54) is 62.0 Å². The van der Waals surface area contributed by atoms with Gasteiger partial charge >= 0.3 is 0 Å². The van der Waals surface area contributed by atoms with E-state index in [4.69, 9.17) is 18.9 Å². The number of aryl methyl sites for hydroxylation is 2.